The van der Waals surface area contributed by atoms with Gasteiger partial charge in [-0.1, -0.05) is 86.7 Å². The first-order valence-electron chi connectivity index (χ1n) is 9.59. The molecule has 0 saturated carbocycles. The highest BCUT2D eigenvalue weighted by Crippen LogP contribution is 2.17. The topological polar surface area (TPSA) is 3.24 Å². The maximum Gasteiger partial charge on any atom is 0.0406 e. The summed E-state index contributed by atoms with van der Waals surface area (Å²) >= 11 is 6.03. The Kier molecular flexibility index (Phi) is 8.51. The van der Waals surface area contributed by atoms with Crippen LogP contribution in [-0.4, -0.2) is 11.4 Å². The first-order valence-corrected chi connectivity index (χ1v) is 9.97. The number of benzene rings is 2. The van der Waals surface area contributed by atoms with Crippen LogP contribution in [0.4, 0.5) is 0 Å². The zero-order chi connectivity index (χ0) is 18.1. The van der Waals surface area contributed by atoms with Crippen molar-refractivity contribution < 1.29 is 0 Å². The second-order valence-corrected chi connectivity index (χ2v) is 7.80. The van der Waals surface area contributed by atoms with Gasteiger partial charge in [0.1, 0.15) is 0 Å². The number of unbranched alkanes of at least 4 members (excludes halogenated alkanes) is 1. The summed E-state index contributed by atoms with van der Waals surface area (Å²) in [6.45, 7) is 9.93. The van der Waals surface area contributed by atoms with E-state index in [2.05, 4.69) is 62.1 Å². The largest absolute Gasteiger partial charge is 0.295 e. The van der Waals surface area contributed by atoms with E-state index in [-0.39, 0.29) is 0 Å². The van der Waals surface area contributed by atoms with Crippen molar-refractivity contribution in [3.8, 4) is 0 Å². The van der Waals surface area contributed by atoms with Crippen LogP contribution in [0.5, 0.6) is 0 Å². The molecule has 0 amide bonds. The van der Waals surface area contributed by atoms with E-state index in [1.165, 1.54) is 42.4 Å². The Labute approximate surface area is 159 Å². The van der Waals surface area contributed by atoms with Crippen LogP contribution in [0.3, 0.4) is 0 Å². The number of rotatable bonds is 10. The lowest BCUT2D eigenvalue weighted by molar-refractivity contribution is 0.235. The van der Waals surface area contributed by atoms with Gasteiger partial charge in [-0.2, -0.15) is 0 Å². The molecule has 25 heavy (non-hydrogen) atoms. The Morgan fingerprint density at radius 2 is 1.44 bits per heavy atom. The van der Waals surface area contributed by atoms with Gasteiger partial charge in [0.2, 0.25) is 0 Å². The minimum Gasteiger partial charge on any atom is -0.295 e. The van der Waals surface area contributed by atoms with Crippen LogP contribution in [-0.2, 0) is 13.1 Å². The molecule has 0 saturated heterocycles. The number of nitrogens with zero attached hydrogens (tertiary/aromatic N) is 1. The monoisotopic (exact) mass is 357 g/mol. The van der Waals surface area contributed by atoms with E-state index in [1.54, 1.807) is 0 Å². The Bertz CT molecular complexity index is 555. The average molecular weight is 358 g/mol. The van der Waals surface area contributed by atoms with Crippen molar-refractivity contribution >= 4 is 11.6 Å². The number of hydrogen-bond donors (Lipinski definition) is 0. The van der Waals surface area contributed by atoms with Crippen LogP contribution in [0.15, 0.2) is 48.5 Å². The van der Waals surface area contributed by atoms with Gasteiger partial charge in [-0.15, -0.1) is 0 Å². The fourth-order valence-corrected chi connectivity index (χ4v) is 3.24. The average Bonchev–Trinajstić information content (AvgIpc) is 2.61. The molecule has 0 spiro atoms. The predicted octanol–water partition coefficient (Wildman–Crippen LogP) is 6.87. The molecule has 0 aliphatic carbocycles. The van der Waals surface area contributed by atoms with Crippen molar-refractivity contribution in [3.63, 3.8) is 0 Å². The highest BCUT2D eigenvalue weighted by Gasteiger charge is 2.10. The molecular formula is C23H32ClN. The lowest BCUT2D eigenvalue weighted by Gasteiger charge is -2.24. The molecule has 1 nitrogen and oxygen atoms in total. The van der Waals surface area contributed by atoms with Crippen LogP contribution in [0, 0.1) is 12.8 Å². The Morgan fingerprint density at radius 1 is 0.880 bits per heavy atom. The summed E-state index contributed by atoms with van der Waals surface area (Å²) in [4.78, 5) is 2.57. The Morgan fingerprint density at radius 3 is 2.00 bits per heavy atom. The van der Waals surface area contributed by atoms with E-state index in [0.29, 0.717) is 0 Å². The van der Waals surface area contributed by atoms with Gasteiger partial charge in [-0.05, 0) is 49.1 Å². The third kappa shape index (κ3) is 7.63. The van der Waals surface area contributed by atoms with Gasteiger partial charge in [-0.3, -0.25) is 4.90 Å². The van der Waals surface area contributed by atoms with Gasteiger partial charge in [0.15, 0.2) is 0 Å². The van der Waals surface area contributed by atoms with Crippen LogP contribution in [0.2, 0.25) is 5.02 Å². The number of halogens is 1. The van der Waals surface area contributed by atoms with Crippen LogP contribution in [0.25, 0.3) is 0 Å². The highest BCUT2D eigenvalue weighted by molar-refractivity contribution is 6.30. The smallest absolute Gasteiger partial charge is 0.0406 e. The van der Waals surface area contributed by atoms with Gasteiger partial charge in [0, 0.05) is 18.1 Å². The van der Waals surface area contributed by atoms with Gasteiger partial charge in [0.25, 0.3) is 0 Å². The molecule has 0 N–H and O–H groups in total. The Hall–Kier alpha value is -1.31. The summed E-state index contributed by atoms with van der Waals surface area (Å²) in [7, 11) is 0. The molecule has 0 fully saturated rings. The molecule has 1 atom stereocenters. The fourth-order valence-electron chi connectivity index (χ4n) is 3.11. The molecule has 2 rings (SSSR count). The highest BCUT2D eigenvalue weighted by atomic mass is 35.5. The minimum absolute atomic E-state index is 0.797. The van der Waals surface area contributed by atoms with Gasteiger partial charge >= 0.3 is 0 Å². The molecule has 0 radical (unpaired) electrons. The van der Waals surface area contributed by atoms with Gasteiger partial charge < -0.3 is 0 Å². The summed E-state index contributed by atoms with van der Waals surface area (Å²) in [5.41, 5.74) is 4.04. The normalized spacial score (nSPS) is 12.5. The number of aryl methyl sites for hydroxylation is 1. The van der Waals surface area contributed by atoms with E-state index in [1.807, 2.05) is 12.1 Å². The van der Waals surface area contributed by atoms with Crippen molar-refractivity contribution in [1.82, 2.24) is 4.90 Å². The summed E-state index contributed by atoms with van der Waals surface area (Å²) in [5, 5.41) is 0.807. The van der Waals surface area contributed by atoms with Crippen LogP contribution >= 0.6 is 11.6 Å². The molecule has 0 aliphatic heterocycles. The summed E-state index contributed by atoms with van der Waals surface area (Å²) in [6.07, 6.45) is 5.24. The lowest BCUT2D eigenvalue weighted by atomic mass is 10.00. The molecule has 1 unspecified atom stereocenters. The molecule has 2 aromatic rings. The zero-order valence-corrected chi connectivity index (χ0v) is 16.7. The van der Waals surface area contributed by atoms with Gasteiger partial charge in [-0.25, -0.2) is 0 Å². The van der Waals surface area contributed by atoms with Crippen molar-refractivity contribution in [2.45, 2.75) is 59.5 Å². The van der Waals surface area contributed by atoms with Crippen molar-refractivity contribution in [1.29, 1.82) is 0 Å². The maximum atomic E-state index is 6.03. The van der Waals surface area contributed by atoms with Crippen LogP contribution in [0.1, 0.15) is 56.2 Å². The Balaban J connectivity index is 1.99. The number of hydrogen-bond acceptors (Lipinski definition) is 1. The van der Waals surface area contributed by atoms with Crippen LogP contribution < -0.4 is 0 Å². The quantitative estimate of drug-likeness (QED) is 0.448. The molecule has 2 heteroatoms. The summed E-state index contributed by atoms with van der Waals surface area (Å²) < 4.78 is 0. The molecule has 0 aromatic heterocycles. The summed E-state index contributed by atoms with van der Waals surface area (Å²) in [5.74, 6) is 0.797. The maximum absolute atomic E-state index is 6.03. The standard InChI is InChI=1S/C23H32ClN/c1-4-5-6-19(2)15-16-25(17-21-9-7-20(3)8-10-21)18-22-11-13-23(24)14-12-22/h7-14,19H,4-6,15-18H2,1-3H3. The van der Waals surface area contributed by atoms with Gasteiger partial charge in [0.05, 0.1) is 0 Å². The van der Waals surface area contributed by atoms with E-state index in [9.17, 15) is 0 Å². The lowest BCUT2D eigenvalue weighted by Crippen LogP contribution is -2.25. The van der Waals surface area contributed by atoms with E-state index < -0.39 is 0 Å². The fraction of sp³-hybridized carbons (Fsp3) is 0.478. The SMILES string of the molecule is CCCCC(C)CCN(Cc1ccc(C)cc1)Cc1ccc(Cl)cc1. The summed E-state index contributed by atoms with van der Waals surface area (Å²) in [6, 6.07) is 17.2. The molecule has 136 valence electrons. The second kappa shape index (κ2) is 10.6. The minimum atomic E-state index is 0.797. The van der Waals surface area contributed by atoms with Crippen molar-refractivity contribution in [3.05, 3.63) is 70.2 Å². The predicted molar refractivity (Wildman–Crippen MR) is 110 cm³/mol. The van der Waals surface area contributed by atoms with E-state index in [0.717, 1.165) is 30.6 Å². The molecule has 0 bridgehead atoms. The van der Waals surface area contributed by atoms with E-state index >= 15 is 0 Å². The molecule has 0 heterocycles. The second-order valence-electron chi connectivity index (χ2n) is 7.36. The van der Waals surface area contributed by atoms with Crippen molar-refractivity contribution in [2.24, 2.45) is 5.92 Å². The third-order valence-corrected chi connectivity index (χ3v) is 5.09. The molecule has 2 aromatic carbocycles. The first kappa shape index (κ1) is 20.0. The third-order valence-electron chi connectivity index (χ3n) is 4.83. The van der Waals surface area contributed by atoms with E-state index in [4.69, 9.17) is 11.6 Å². The molecular weight excluding hydrogens is 326 g/mol. The first-order chi connectivity index (χ1) is 12.1. The molecule has 0 aliphatic rings. The zero-order valence-electron chi connectivity index (χ0n) is 16.0. The van der Waals surface area contributed by atoms with Crippen molar-refractivity contribution in [2.75, 3.05) is 6.54 Å².